The smallest absolute Gasteiger partial charge is 0.0625 e. The average molecular weight is 243 g/mol. The summed E-state index contributed by atoms with van der Waals surface area (Å²) in [5, 5.41) is 8.02. The molecular weight excluding hydrogens is 222 g/mol. The van der Waals surface area contributed by atoms with Gasteiger partial charge in [0.05, 0.1) is 11.4 Å². The molecule has 0 saturated heterocycles. The largest absolute Gasteiger partial charge is 0.307 e. The van der Waals surface area contributed by atoms with E-state index in [4.69, 9.17) is 0 Å². The van der Waals surface area contributed by atoms with Crippen LogP contribution in [0.3, 0.4) is 0 Å². The summed E-state index contributed by atoms with van der Waals surface area (Å²) < 4.78 is 2.08. The van der Waals surface area contributed by atoms with Crippen molar-refractivity contribution in [3.05, 3.63) is 53.3 Å². The van der Waals surface area contributed by atoms with Gasteiger partial charge in [-0.05, 0) is 25.0 Å². The molecule has 2 rings (SSSR count). The van der Waals surface area contributed by atoms with E-state index in [0.717, 1.165) is 26.1 Å². The van der Waals surface area contributed by atoms with Crippen molar-refractivity contribution in [3.63, 3.8) is 0 Å². The summed E-state index contributed by atoms with van der Waals surface area (Å²) in [5.74, 6) is 0. The van der Waals surface area contributed by atoms with E-state index in [0.29, 0.717) is 0 Å². The zero-order valence-corrected chi connectivity index (χ0v) is 11.2. The van der Waals surface area contributed by atoms with Crippen molar-refractivity contribution in [2.24, 2.45) is 0 Å². The van der Waals surface area contributed by atoms with E-state index >= 15 is 0 Å². The van der Waals surface area contributed by atoms with Crippen molar-refractivity contribution in [2.75, 3.05) is 0 Å². The minimum Gasteiger partial charge on any atom is -0.307 e. The van der Waals surface area contributed by atoms with Gasteiger partial charge in [-0.2, -0.15) is 5.10 Å². The van der Waals surface area contributed by atoms with Crippen molar-refractivity contribution in [1.29, 1.82) is 0 Å². The second-order valence-electron chi connectivity index (χ2n) is 4.39. The van der Waals surface area contributed by atoms with E-state index in [9.17, 15) is 0 Å². The SMILES string of the molecule is CCc1cc(CNCc2ccccc2)n(CC)n1. The summed E-state index contributed by atoms with van der Waals surface area (Å²) in [6.07, 6.45) is 0.999. The lowest BCUT2D eigenvalue weighted by Gasteiger charge is -2.06. The number of benzene rings is 1. The minimum absolute atomic E-state index is 0.871. The highest BCUT2D eigenvalue weighted by Gasteiger charge is 2.04. The fourth-order valence-electron chi connectivity index (χ4n) is 2.03. The lowest BCUT2D eigenvalue weighted by Crippen LogP contribution is -2.16. The Labute approximate surface area is 109 Å². The summed E-state index contributed by atoms with van der Waals surface area (Å²) in [6, 6.07) is 12.7. The third-order valence-electron chi connectivity index (χ3n) is 3.05. The Bertz CT molecular complexity index is 474. The van der Waals surface area contributed by atoms with Gasteiger partial charge in [0.15, 0.2) is 0 Å². The van der Waals surface area contributed by atoms with Crippen molar-refractivity contribution >= 4 is 0 Å². The van der Waals surface area contributed by atoms with E-state index in [2.05, 4.69) is 59.3 Å². The Morgan fingerprint density at radius 2 is 1.89 bits per heavy atom. The van der Waals surface area contributed by atoms with Crippen LogP contribution >= 0.6 is 0 Å². The molecule has 0 amide bonds. The number of hydrogen-bond acceptors (Lipinski definition) is 2. The number of aromatic nitrogens is 2. The van der Waals surface area contributed by atoms with Crippen LogP contribution in [-0.2, 0) is 26.1 Å². The van der Waals surface area contributed by atoms with Crippen LogP contribution in [0.5, 0.6) is 0 Å². The highest BCUT2D eigenvalue weighted by atomic mass is 15.3. The first-order valence-electron chi connectivity index (χ1n) is 6.63. The molecule has 2 aromatic rings. The first kappa shape index (κ1) is 12.8. The summed E-state index contributed by atoms with van der Waals surface area (Å²) in [5.41, 5.74) is 3.76. The molecule has 0 aliphatic rings. The summed E-state index contributed by atoms with van der Waals surface area (Å²) >= 11 is 0. The van der Waals surface area contributed by atoms with Crippen molar-refractivity contribution in [3.8, 4) is 0 Å². The summed E-state index contributed by atoms with van der Waals surface area (Å²) in [6.45, 7) is 6.98. The van der Waals surface area contributed by atoms with Crippen molar-refractivity contribution in [1.82, 2.24) is 15.1 Å². The van der Waals surface area contributed by atoms with Gasteiger partial charge >= 0.3 is 0 Å². The van der Waals surface area contributed by atoms with Crippen molar-refractivity contribution in [2.45, 2.75) is 39.9 Å². The van der Waals surface area contributed by atoms with E-state index in [-0.39, 0.29) is 0 Å². The van der Waals surface area contributed by atoms with Crippen LogP contribution in [0.25, 0.3) is 0 Å². The topological polar surface area (TPSA) is 29.9 Å². The van der Waals surface area contributed by atoms with Gasteiger partial charge in [0.2, 0.25) is 0 Å². The van der Waals surface area contributed by atoms with Crippen LogP contribution in [0, 0.1) is 0 Å². The van der Waals surface area contributed by atoms with E-state index in [1.165, 1.54) is 17.0 Å². The average Bonchev–Trinajstić information content (AvgIpc) is 2.82. The molecule has 0 fully saturated rings. The Morgan fingerprint density at radius 3 is 2.56 bits per heavy atom. The molecule has 3 heteroatoms. The third-order valence-corrected chi connectivity index (χ3v) is 3.05. The monoisotopic (exact) mass is 243 g/mol. The Morgan fingerprint density at radius 1 is 1.11 bits per heavy atom. The molecule has 1 heterocycles. The van der Waals surface area contributed by atoms with Gasteiger partial charge in [0, 0.05) is 19.6 Å². The van der Waals surface area contributed by atoms with Gasteiger partial charge in [0.25, 0.3) is 0 Å². The Kier molecular flexibility index (Phi) is 4.53. The zero-order chi connectivity index (χ0) is 12.8. The molecule has 0 atom stereocenters. The zero-order valence-electron chi connectivity index (χ0n) is 11.2. The molecule has 1 aromatic heterocycles. The predicted molar refractivity (Wildman–Crippen MR) is 74.3 cm³/mol. The van der Waals surface area contributed by atoms with Crippen LogP contribution < -0.4 is 5.32 Å². The van der Waals surface area contributed by atoms with Crippen LogP contribution in [0.15, 0.2) is 36.4 Å². The first-order valence-corrected chi connectivity index (χ1v) is 6.63. The molecule has 0 spiro atoms. The maximum absolute atomic E-state index is 4.55. The Hall–Kier alpha value is -1.61. The molecule has 1 aromatic carbocycles. The van der Waals surface area contributed by atoms with Gasteiger partial charge < -0.3 is 5.32 Å². The van der Waals surface area contributed by atoms with Crippen LogP contribution in [0.4, 0.5) is 0 Å². The summed E-state index contributed by atoms with van der Waals surface area (Å²) in [7, 11) is 0. The first-order chi connectivity index (χ1) is 8.83. The number of hydrogen-bond donors (Lipinski definition) is 1. The second-order valence-corrected chi connectivity index (χ2v) is 4.39. The molecule has 0 radical (unpaired) electrons. The lowest BCUT2D eigenvalue weighted by atomic mass is 10.2. The molecule has 0 aliphatic heterocycles. The van der Waals surface area contributed by atoms with E-state index in [1.54, 1.807) is 0 Å². The van der Waals surface area contributed by atoms with Crippen LogP contribution in [-0.4, -0.2) is 9.78 Å². The maximum Gasteiger partial charge on any atom is 0.0625 e. The standard InChI is InChI=1S/C15H21N3/c1-3-14-10-15(18(4-2)17-14)12-16-11-13-8-6-5-7-9-13/h5-10,16H,3-4,11-12H2,1-2H3. The van der Waals surface area contributed by atoms with Gasteiger partial charge in [-0.25, -0.2) is 0 Å². The van der Waals surface area contributed by atoms with E-state index < -0.39 is 0 Å². The molecular formula is C15H21N3. The minimum atomic E-state index is 0.871. The molecule has 0 unspecified atom stereocenters. The highest BCUT2D eigenvalue weighted by Crippen LogP contribution is 2.06. The highest BCUT2D eigenvalue weighted by molar-refractivity contribution is 5.15. The lowest BCUT2D eigenvalue weighted by molar-refractivity contribution is 0.577. The second kappa shape index (κ2) is 6.36. The number of rotatable bonds is 6. The van der Waals surface area contributed by atoms with Gasteiger partial charge in [0.1, 0.15) is 0 Å². The number of nitrogens with one attached hydrogen (secondary N) is 1. The maximum atomic E-state index is 4.55. The predicted octanol–water partition coefficient (Wildman–Crippen LogP) is 2.76. The molecule has 0 saturated carbocycles. The van der Waals surface area contributed by atoms with Crippen LogP contribution in [0.2, 0.25) is 0 Å². The molecule has 18 heavy (non-hydrogen) atoms. The quantitative estimate of drug-likeness (QED) is 0.845. The fraction of sp³-hybridized carbons (Fsp3) is 0.400. The molecule has 0 aliphatic carbocycles. The third kappa shape index (κ3) is 3.20. The molecule has 1 N–H and O–H groups in total. The fourth-order valence-corrected chi connectivity index (χ4v) is 2.03. The van der Waals surface area contributed by atoms with Crippen molar-refractivity contribution < 1.29 is 0 Å². The van der Waals surface area contributed by atoms with Gasteiger partial charge in [-0.3, -0.25) is 4.68 Å². The normalized spacial score (nSPS) is 10.8. The van der Waals surface area contributed by atoms with E-state index in [1.807, 2.05) is 6.07 Å². The molecule has 96 valence electrons. The number of nitrogens with zero attached hydrogens (tertiary/aromatic N) is 2. The summed E-state index contributed by atoms with van der Waals surface area (Å²) in [4.78, 5) is 0. The van der Waals surface area contributed by atoms with Gasteiger partial charge in [-0.15, -0.1) is 0 Å². The van der Waals surface area contributed by atoms with Crippen LogP contribution in [0.1, 0.15) is 30.8 Å². The molecule has 3 nitrogen and oxygen atoms in total. The Balaban J connectivity index is 1.92. The number of aryl methyl sites for hydroxylation is 2. The molecule has 0 bridgehead atoms. The van der Waals surface area contributed by atoms with Gasteiger partial charge in [-0.1, -0.05) is 37.3 Å².